The first-order chi connectivity index (χ1) is 11.2. The van der Waals surface area contributed by atoms with E-state index in [1.807, 2.05) is 32.0 Å². The Kier molecular flexibility index (Phi) is 9.95. The summed E-state index contributed by atoms with van der Waals surface area (Å²) in [6.45, 7) is 8.21. The Balaban J connectivity index is 0.00000288. The van der Waals surface area contributed by atoms with Gasteiger partial charge in [-0.3, -0.25) is 4.79 Å². The number of piperidine rings is 1. The minimum Gasteiger partial charge on any atom is -0.379 e. The average Bonchev–Trinajstić information content (AvgIpc) is 2.58. The highest BCUT2D eigenvalue weighted by atomic mass is 35.5. The fraction of sp³-hybridized carbons (Fsp3) is 0.611. The third-order valence-corrected chi connectivity index (χ3v) is 4.21. The lowest BCUT2D eigenvalue weighted by atomic mass is 9.98. The molecule has 1 fully saturated rings. The van der Waals surface area contributed by atoms with Crippen molar-refractivity contribution in [2.45, 2.75) is 33.3 Å². The van der Waals surface area contributed by atoms with Gasteiger partial charge in [0.2, 0.25) is 5.91 Å². The Morgan fingerprint density at radius 2 is 2.12 bits per heavy atom. The lowest BCUT2D eigenvalue weighted by Gasteiger charge is -2.22. The summed E-state index contributed by atoms with van der Waals surface area (Å²) in [4.78, 5) is 12.4. The molecule has 0 spiro atoms. The van der Waals surface area contributed by atoms with Crippen molar-refractivity contribution in [1.82, 2.24) is 5.32 Å². The fourth-order valence-corrected chi connectivity index (χ4v) is 2.73. The molecule has 5 nitrogen and oxygen atoms in total. The van der Waals surface area contributed by atoms with Gasteiger partial charge in [-0.1, -0.05) is 12.1 Å². The first kappa shape index (κ1) is 20.9. The maximum Gasteiger partial charge on any atom is 0.228 e. The van der Waals surface area contributed by atoms with Crippen LogP contribution in [0.5, 0.6) is 0 Å². The van der Waals surface area contributed by atoms with Gasteiger partial charge < -0.3 is 20.1 Å². The number of carbonyl (C=O) groups excluding carboxylic acids is 1. The Morgan fingerprint density at radius 1 is 1.33 bits per heavy atom. The van der Waals surface area contributed by atoms with Crippen LogP contribution in [-0.2, 0) is 20.9 Å². The van der Waals surface area contributed by atoms with Crippen LogP contribution < -0.4 is 10.6 Å². The maximum atomic E-state index is 12.4. The molecule has 2 N–H and O–H groups in total. The Bertz CT molecular complexity index is 505. The summed E-state index contributed by atoms with van der Waals surface area (Å²) in [6.07, 6.45) is 2.02. The average molecular weight is 357 g/mol. The van der Waals surface area contributed by atoms with Gasteiger partial charge in [-0.15, -0.1) is 12.4 Å². The van der Waals surface area contributed by atoms with Crippen molar-refractivity contribution in [3.05, 3.63) is 29.3 Å². The minimum absolute atomic E-state index is 0. The van der Waals surface area contributed by atoms with Gasteiger partial charge in [0.15, 0.2) is 0 Å². The predicted octanol–water partition coefficient (Wildman–Crippen LogP) is 2.91. The van der Waals surface area contributed by atoms with Crippen LogP contribution in [0.25, 0.3) is 0 Å². The molecule has 0 aromatic heterocycles. The van der Waals surface area contributed by atoms with E-state index in [0.29, 0.717) is 26.4 Å². The second-order valence-electron chi connectivity index (χ2n) is 5.87. The van der Waals surface area contributed by atoms with Crippen LogP contribution in [0.2, 0.25) is 0 Å². The van der Waals surface area contributed by atoms with E-state index >= 15 is 0 Å². The van der Waals surface area contributed by atoms with Gasteiger partial charge in [0.1, 0.15) is 0 Å². The van der Waals surface area contributed by atoms with E-state index in [9.17, 15) is 4.79 Å². The molecule has 1 aliphatic rings. The Hall–Kier alpha value is -1.14. The van der Waals surface area contributed by atoms with Gasteiger partial charge in [-0.2, -0.15) is 0 Å². The highest BCUT2D eigenvalue weighted by molar-refractivity contribution is 5.93. The predicted molar refractivity (Wildman–Crippen MR) is 98.8 cm³/mol. The van der Waals surface area contributed by atoms with Crippen molar-refractivity contribution >= 4 is 24.0 Å². The van der Waals surface area contributed by atoms with Gasteiger partial charge in [0.05, 0.1) is 25.7 Å². The molecular weight excluding hydrogens is 328 g/mol. The first-order valence-electron chi connectivity index (χ1n) is 8.48. The number of nitrogens with one attached hydrogen (secondary N) is 2. The number of hydrogen-bond acceptors (Lipinski definition) is 4. The Labute approximate surface area is 150 Å². The molecule has 136 valence electrons. The van der Waals surface area contributed by atoms with E-state index in [1.54, 1.807) is 0 Å². The van der Waals surface area contributed by atoms with Crippen molar-refractivity contribution in [2.75, 3.05) is 38.2 Å². The zero-order chi connectivity index (χ0) is 16.5. The van der Waals surface area contributed by atoms with Gasteiger partial charge in [0, 0.05) is 18.8 Å². The molecular formula is C18H29ClN2O3. The number of hydrogen-bond donors (Lipinski definition) is 2. The number of halogens is 1. The molecule has 1 aromatic carbocycles. The minimum atomic E-state index is 0. The number of amides is 1. The van der Waals surface area contributed by atoms with Crippen molar-refractivity contribution in [1.29, 1.82) is 0 Å². The summed E-state index contributed by atoms with van der Waals surface area (Å²) in [5, 5.41) is 6.35. The first-order valence-corrected chi connectivity index (χ1v) is 8.48. The van der Waals surface area contributed by atoms with Crippen LogP contribution >= 0.6 is 12.4 Å². The summed E-state index contributed by atoms with van der Waals surface area (Å²) in [7, 11) is 0. The van der Waals surface area contributed by atoms with Crippen molar-refractivity contribution in [3.8, 4) is 0 Å². The standard InChI is InChI=1S/C18H28N2O3.ClH/c1-3-22-10-11-23-13-16-6-4-8-17(14(16)2)20-18(21)15-7-5-9-19-12-15;/h4,6,8,15,19H,3,5,7,9-13H2,1-2H3,(H,20,21);1H. The number of benzene rings is 1. The SMILES string of the molecule is CCOCCOCc1cccc(NC(=O)C2CCCNC2)c1C.Cl. The fourth-order valence-electron chi connectivity index (χ4n) is 2.73. The topological polar surface area (TPSA) is 59.6 Å². The number of carbonyl (C=O) groups is 1. The van der Waals surface area contributed by atoms with Crippen molar-refractivity contribution in [2.24, 2.45) is 5.92 Å². The van der Waals surface area contributed by atoms with Crippen LogP contribution in [0.1, 0.15) is 30.9 Å². The molecule has 1 unspecified atom stereocenters. The normalized spacial score (nSPS) is 17.2. The van der Waals surface area contributed by atoms with Crippen molar-refractivity contribution in [3.63, 3.8) is 0 Å². The largest absolute Gasteiger partial charge is 0.379 e. The third kappa shape index (κ3) is 6.40. The van der Waals surface area contributed by atoms with E-state index in [1.165, 1.54) is 0 Å². The second kappa shape index (κ2) is 11.4. The summed E-state index contributed by atoms with van der Waals surface area (Å²) in [5.41, 5.74) is 3.05. The summed E-state index contributed by atoms with van der Waals surface area (Å²) >= 11 is 0. The van der Waals surface area contributed by atoms with Crippen LogP contribution in [0.4, 0.5) is 5.69 Å². The van der Waals surface area contributed by atoms with Gasteiger partial charge in [0.25, 0.3) is 0 Å². The molecule has 1 heterocycles. The molecule has 1 aliphatic heterocycles. The molecule has 24 heavy (non-hydrogen) atoms. The van der Waals surface area contributed by atoms with E-state index in [2.05, 4.69) is 10.6 Å². The second-order valence-corrected chi connectivity index (χ2v) is 5.87. The molecule has 1 saturated heterocycles. The third-order valence-electron chi connectivity index (χ3n) is 4.21. The lowest BCUT2D eigenvalue weighted by molar-refractivity contribution is -0.120. The molecule has 1 amide bonds. The molecule has 0 aliphatic carbocycles. The molecule has 6 heteroatoms. The smallest absolute Gasteiger partial charge is 0.228 e. The van der Waals surface area contributed by atoms with Gasteiger partial charge in [-0.05, 0) is 50.4 Å². The maximum absolute atomic E-state index is 12.4. The molecule has 0 saturated carbocycles. The van der Waals surface area contributed by atoms with E-state index in [-0.39, 0.29) is 24.2 Å². The van der Waals surface area contributed by atoms with Gasteiger partial charge in [-0.25, -0.2) is 0 Å². The highest BCUT2D eigenvalue weighted by Gasteiger charge is 2.21. The summed E-state index contributed by atoms with van der Waals surface area (Å²) in [6, 6.07) is 5.95. The number of ether oxygens (including phenoxy) is 2. The molecule has 0 bridgehead atoms. The zero-order valence-electron chi connectivity index (χ0n) is 14.6. The number of anilines is 1. The Morgan fingerprint density at radius 3 is 2.83 bits per heavy atom. The number of rotatable bonds is 8. The van der Waals surface area contributed by atoms with Crippen LogP contribution in [0.15, 0.2) is 18.2 Å². The molecule has 0 radical (unpaired) electrons. The van der Waals surface area contributed by atoms with E-state index in [4.69, 9.17) is 9.47 Å². The summed E-state index contributed by atoms with van der Waals surface area (Å²) in [5.74, 6) is 0.170. The highest BCUT2D eigenvalue weighted by Crippen LogP contribution is 2.21. The van der Waals surface area contributed by atoms with E-state index < -0.39 is 0 Å². The summed E-state index contributed by atoms with van der Waals surface area (Å²) < 4.78 is 10.9. The monoisotopic (exact) mass is 356 g/mol. The van der Waals surface area contributed by atoms with Crippen LogP contribution in [0.3, 0.4) is 0 Å². The molecule has 1 aromatic rings. The zero-order valence-corrected chi connectivity index (χ0v) is 15.4. The van der Waals surface area contributed by atoms with Crippen LogP contribution in [0, 0.1) is 12.8 Å². The van der Waals surface area contributed by atoms with Crippen LogP contribution in [-0.4, -0.2) is 38.8 Å². The lowest BCUT2D eigenvalue weighted by Crippen LogP contribution is -2.37. The van der Waals surface area contributed by atoms with E-state index in [0.717, 1.165) is 42.7 Å². The van der Waals surface area contributed by atoms with Crippen molar-refractivity contribution < 1.29 is 14.3 Å². The molecule has 2 rings (SSSR count). The molecule has 1 atom stereocenters. The van der Waals surface area contributed by atoms with Gasteiger partial charge >= 0.3 is 0 Å². The quantitative estimate of drug-likeness (QED) is 0.703.